The largest absolute Gasteiger partial charge is 0.467 e. The fraction of sp³-hybridized carbons (Fsp3) is 0.800. The standard InChI is InChI=1S/C10H17NO4/c1-4-7-5-8(10(14)15-3)11(6(2)12)9(7)13/h7-9,13H,4-5H2,1-3H3/t7?,8-,9?/m1/s1. The number of hydrogen-bond acceptors (Lipinski definition) is 4. The summed E-state index contributed by atoms with van der Waals surface area (Å²) in [6, 6.07) is -0.632. The number of carbonyl (C=O) groups excluding carboxylic acids is 2. The van der Waals surface area contributed by atoms with Gasteiger partial charge < -0.3 is 14.7 Å². The Morgan fingerprint density at radius 3 is 2.53 bits per heavy atom. The minimum atomic E-state index is -0.864. The number of methoxy groups -OCH3 is 1. The van der Waals surface area contributed by atoms with Gasteiger partial charge in [-0.1, -0.05) is 6.92 Å². The van der Waals surface area contributed by atoms with E-state index in [2.05, 4.69) is 4.74 Å². The van der Waals surface area contributed by atoms with E-state index in [-0.39, 0.29) is 11.8 Å². The summed E-state index contributed by atoms with van der Waals surface area (Å²) in [5, 5.41) is 9.83. The van der Waals surface area contributed by atoms with Crippen molar-refractivity contribution in [1.29, 1.82) is 0 Å². The van der Waals surface area contributed by atoms with Crippen LogP contribution < -0.4 is 0 Å². The van der Waals surface area contributed by atoms with E-state index in [0.29, 0.717) is 6.42 Å². The topological polar surface area (TPSA) is 66.8 Å². The molecule has 86 valence electrons. The number of hydrogen-bond donors (Lipinski definition) is 1. The number of esters is 1. The van der Waals surface area contributed by atoms with Gasteiger partial charge in [-0.3, -0.25) is 4.79 Å². The lowest BCUT2D eigenvalue weighted by Crippen LogP contribution is -2.44. The summed E-state index contributed by atoms with van der Waals surface area (Å²) in [5.41, 5.74) is 0. The zero-order valence-corrected chi connectivity index (χ0v) is 9.27. The van der Waals surface area contributed by atoms with Gasteiger partial charge in [-0.05, 0) is 12.8 Å². The van der Waals surface area contributed by atoms with Gasteiger partial charge in [0.15, 0.2) is 0 Å². The summed E-state index contributed by atoms with van der Waals surface area (Å²) < 4.78 is 4.61. The highest BCUT2D eigenvalue weighted by Gasteiger charge is 2.44. The van der Waals surface area contributed by atoms with Crippen molar-refractivity contribution >= 4 is 11.9 Å². The van der Waals surface area contributed by atoms with Crippen LogP contribution in [0.25, 0.3) is 0 Å². The molecule has 0 aromatic heterocycles. The van der Waals surface area contributed by atoms with Crippen LogP contribution in [-0.2, 0) is 14.3 Å². The van der Waals surface area contributed by atoms with E-state index in [0.717, 1.165) is 6.42 Å². The molecule has 15 heavy (non-hydrogen) atoms. The van der Waals surface area contributed by atoms with Gasteiger partial charge in [-0.15, -0.1) is 0 Å². The molecule has 0 spiro atoms. The normalized spacial score (nSPS) is 30.4. The predicted molar refractivity (Wildman–Crippen MR) is 52.7 cm³/mol. The number of ether oxygens (including phenoxy) is 1. The van der Waals surface area contributed by atoms with Crippen LogP contribution >= 0.6 is 0 Å². The van der Waals surface area contributed by atoms with Gasteiger partial charge in [0.1, 0.15) is 12.3 Å². The molecule has 2 unspecified atom stereocenters. The van der Waals surface area contributed by atoms with Crippen molar-refractivity contribution in [1.82, 2.24) is 4.90 Å². The van der Waals surface area contributed by atoms with Crippen LogP contribution in [0.2, 0.25) is 0 Å². The lowest BCUT2D eigenvalue weighted by molar-refractivity contribution is -0.156. The fourth-order valence-corrected chi connectivity index (χ4v) is 2.06. The van der Waals surface area contributed by atoms with E-state index in [1.54, 1.807) is 0 Å². The molecule has 0 aromatic carbocycles. The van der Waals surface area contributed by atoms with Gasteiger partial charge >= 0.3 is 5.97 Å². The van der Waals surface area contributed by atoms with Gasteiger partial charge in [-0.25, -0.2) is 4.79 Å². The molecule has 1 aliphatic heterocycles. The molecular weight excluding hydrogens is 198 g/mol. The molecule has 1 saturated heterocycles. The lowest BCUT2D eigenvalue weighted by Gasteiger charge is -2.25. The van der Waals surface area contributed by atoms with Crippen LogP contribution in [0.15, 0.2) is 0 Å². The molecule has 5 nitrogen and oxygen atoms in total. The van der Waals surface area contributed by atoms with Crippen LogP contribution in [0, 0.1) is 5.92 Å². The van der Waals surface area contributed by atoms with Crippen LogP contribution in [0.1, 0.15) is 26.7 Å². The molecule has 3 atom stereocenters. The first-order valence-electron chi connectivity index (χ1n) is 5.07. The maximum atomic E-state index is 11.4. The maximum Gasteiger partial charge on any atom is 0.328 e. The third-order valence-electron chi connectivity index (χ3n) is 2.93. The number of carbonyl (C=O) groups is 2. The highest BCUT2D eigenvalue weighted by atomic mass is 16.5. The molecule has 1 rings (SSSR count). The first-order valence-corrected chi connectivity index (χ1v) is 5.07. The van der Waals surface area contributed by atoms with Crippen LogP contribution in [0.3, 0.4) is 0 Å². The number of likely N-dealkylation sites (tertiary alicyclic amines) is 1. The summed E-state index contributed by atoms with van der Waals surface area (Å²) in [4.78, 5) is 23.9. The smallest absolute Gasteiger partial charge is 0.328 e. The zero-order valence-electron chi connectivity index (χ0n) is 9.27. The van der Waals surface area contributed by atoms with Gasteiger partial charge in [0.25, 0.3) is 0 Å². The first-order chi connectivity index (χ1) is 7.02. The second-order valence-corrected chi connectivity index (χ2v) is 3.78. The molecule has 0 radical (unpaired) electrons. The van der Waals surface area contributed by atoms with Gasteiger partial charge in [0, 0.05) is 12.8 Å². The van der Waals surface area contributed by atoms with Gasteiger partial charge in [-0.2, -0.15) is 0 Å². The van der Waals surface area contributed by atoms with Crippen LogP contribution in [0.4, 0.5) is 0 Å². The molecule has 1 N–H and O–H groups in total. The van der Waals surface area contributed by atoms with Crippen molar-refractivity contribution in [2.45, 2.75) is 39.0 Å². The highest BCUT2D eigenvalue weighted by molar-refractivity contribution is 5.84. The summed E-state index contributed by atoms with van der Waals surface area (Å²) in [6.45, 7) is 3.27. The molecule has 0 aromatic rings. The average molecular weight is 215 g/mol. The van der Waals surface area contributed by atoms with Crippen molar-refractivity contribution in [3.8, 4) is 0 Å². The molecular formula is C10H17NO4. The van der Waals surface area contributed by atoms with E-state index >= 15 is 0 Å². The van der Waals surface area contributed by atoms with Crippen LogP contribution in [-0.4, -0.2) is 41.3 Å². The summed E-state index contributed by atoms with van der Waals surface area (Å²) in [5.74, 6) is -0.799. The monoisotopic (exact) mass is 215 g/mol. The Kier molecular flexibility index (Phi) is 3.68. The van der Waals surface area contributed by atoms with E-state index in [1.807, 2.05) is 6.92 Å². The minimum absolute atomic E-state index is 0.0435. The maximum absolute atomic E-state index is 11.4. The van der Waals surface area contributed by atoms with Crippen molar-refractivity contribution in [2.75, 3.05) is 7.11 Å². The SMILES string of the molecule is CCC1C[C@H](C(=O)OC)N(C(C)=O)C1O. The highest BCUT2D eigenvalue weighted by Crippen LogP contribution is 2.31. The Morgan fingerprint density at radius 2 is 2.13 bits per heavy atom. The quantitative estimate of drug-likeness (QED) is 0.665. The Bertz CT molecular complexity index is 266. The summed E-state index contributed by atoms with van der Waals surface area (Å²) in [7, 11) is 1.28. The average Bonchev–Trinajstić information content (AvgIpc) is 2.54. The second-order valence-electron chi connectivity index (χ2n) is 3.78. The molecule has 1 fully saturated rings. The van der Waals surface area contributed by atoms with Crippen molar-refractivity contribution in [2.24, 2.45) is 5.92 Å². The Balaban J connectivity index is 2.87. The molecule has 1 amide bonds. The number of aliphatic hydroxyl groups excluding tert-OH is 1. The molecule has 5 heteroatoms. The van der Waals surface area contributed by atoms with Crippen LogP contribution in [0.5, 0.6) is 0 Å². The molecule has 0 aliphatic carbocycles. The van der Waals surface area contributed by atoms with Gasteiger partial charge in [0.2, 0.25) is 5.91 Å². The Labute approximate surface area is 89.0 Å². The lowest BCUT2D eigenvalue weighted by atomic mass is 10.0. The zero-order chi connectivity index (χ0) is 11.6. The van der Waals surface area contributed by atoms with E-state index in [1.165, 1.54) is 18.9 Å². The fourth-order valence-electron chi connectivity index (χ4n) is 2.06. The van der Waals surface area contributed by atoms with Crippen molar-refractivity contribution < 1.29 is 19.4 Å². The molecule has 0 bridgehead atoms. The number of rotatable bonds is 2. The predicted octanol–water partition coefficient (Wildman–Crippen LogP) is 0.125. The Hall–Kier alpha value is -1.10. The molecule has 1 aliphatic rings. The van der Waals surface area contributed by atoms with E-state index < -0.39 is 18.2 Å². The first kappa shape index (κ1) is 12.0. The summed E-state index contributed by atoms with van der Waals surface area (Å²) in [6.07, 6.45) is 0.346. The third kappa shape index (κ3) is 2.12. The summed E-state index contributed by atoms with van der Waals surface area (Å²) >= 11 is 0. The second kappa shape index (κ2) is 4.61. The minimum Gasteiger partial charge on any atom is -0.467 e. The molecule has 1 heterocycles. The van der Waals surface area contributed by atoms with Gasteiger partial charge in [0.05, 0.1) is 7.11 Å². The van der Waals surface area contributed by atoms with Crippen molar-refractivity contribution in [3.63, 3.8) is 0 Å². The number of aliphatic hydroxyl groups is 1. The third-order valence-corrected chi connectivity index (χ3v) is 2.93. The molecule has 0 saturated carbocycles. The van der Waals surface area contributed by atoms with E-state index in [9.17, 15) is 14.7 Å². The number of nitrogens with zero attached hydrogens (tertiary/aromatic N) is 1. The van der Waals surface area contributed by atoms with E-state index in [4.69, 9.17) is 0 Å². The Morgan fingerprint density at radius 1 is 1.53 bits per heavy atom. The van der Waals surface area contributed by atoms with Crippen molar-refractivity contribution in [3.05, 3.63) is 0 Å². The number of amides is 1.